The first kappa shape index (κ1) is 17.9. The van der Waals surface area contributed by atoms with Crippen molar-refractivity contribution in [3.8, 4) is 5.75 Å². The van der Waals surface area contributed by atoms with Crippen LogP contribution in [0.25, 0.3) is 0 Å². The van der Waals surface area contributed by atoms with E-state index in [1.807, 2.05) is 0 Å². The maximum Gasteiger partial charge on any atom is 0.156 e. The van der Waals surface area contributed by atoms with E-state index in [0.717, 1.165) is 13.1 Å². The molecule has 0 aliphatic carbocycles. The molecule has 0 bridgehead atoms. The van der Waals surface area contributed by atoms with E-state index in [2.05, 4.69) is 12.2 Å². The Balaban J connectivity index is 2.13. The lowest BCUT2D eigenvalue weighted by atomic mass is 10.3. The Bertz CT molecular complexity index is 379. The zero-order valence-corrected chi connectivity index (χ0v) is 13.8. The quantitative estimate of drug-likeness (QED) is 0.639. The molecule has 0 saturated carbocycles. The van der Waals surface area contributed by atoms with Gasteiger partial charge in [0.25, 0.3) is 0 Å². The molecule has 0 saturated heterocycles. The highest BCUT2D eigenvalue weighted by molar-refractivity contribution is 6.40. The van der Waals surface area contributed by atoms with Gasteiger partial charge in [0, 0.05) is 11.6 Å². The van der Waals surface area contributed by atoms with Gasteiger partial charge in [-0.15, -0.1) is 0 Å². The Hall–Kier alpha value is -0.190. The predicted octanol–water partition coefficient (Wildman–Crippen LogP) is 4.43. The monoisotopic (exact) mass is 339 g/mol. The summed E-state index contributed by atoms with van der Waals surface area (Å²) in [6.07, 6.45) is 2.39. The third-order valence-corrected chi connectivity index (χ3v) is 3.35. The van der Waals surface area contributed by atoms with E-state index in [4.69, 9.17) is 44.3 Å². The molecule has 0 amide bonds. The van der Waals surface area contributed by atoms with Gasteiger partial charge in [0.15, 0.2) is 5.75 Å². The molecule has 0 heterocycles. The van der Waals surface area contributed by atoms with Crippen molar-refractivity contribution in [2.45, 2.75) is 19.8 Å². The maximum absolute atomic E-state index is 6.00. The number of nitrogens with one attached hydrogen (secondary N) is 1. The molecule has 0 radical (unpaired) electrons. The molecule has 20 heavy (non-hydrogen) atoms. The zero-order valence-electron chi connectivity index (χ0n) is 11.6. The van der Waals surface area contributed by atoms with Crippen LogP contribution in [0.15, 0.2) is 12.1 Å². The lowest BCUT2D eigenvalue weighted by molar-refractivity contribution is 0.102. The minimum atomic E-state index is 0.399. The summed E-state index contributed by atoms with van der Waals surface area (Å²) in [5, 5.41) is 4.60. The van der Waals surface area contributed by atoms with Crippen LogP contribution in [0.1, 0.15) is 19.8 Å². The van der Waals surface area contributed by atoms with Crippen molar-refractivity contribution in [1.29, 1.82) is 0 Å². The van der Waals surface area contributed by atoms with Crippen LogP contribution in [-0.4, -0.2) is 32.9 Å². The molecular weight excluding hydrogens is 321 g/mol. The van der Waals surface area contributed by atoms with Crippen molar-refractivity contribution in [2.75, 3.05) is 32.9 Å². The Morgan fingerprint density at radius 2 is 1.70 bits per heavy atom. The first-order valence-corrected chi connectivity index (χ1v) is 7.84. The van der Waals surface area contributed by atoms with Crippen LogP contribution >= 0.6 is 34.8 Å². The molecule has 1 aromatic rings. The van der Waals surface area contributed by atoms with Gasteiger partial charge >= 0.3 is 0 Å². The van der Waals surface area contributed by atoms with E-state index in [0.29, 0.717) is 40.6 Å². The molecule has 0 aliphatic heterocycles. The lowest BCUT2D eigenvalue weighted by Gasteiger charge is -2.11. The largest absolute Gasteiger partial charge is 0.488 e. The van der Waals surface area contributed by atoms with Crippen molar-refractivity contribution in [3.63, 3.8) is 0 Å². The van der Waals surface area contributed by atoms with E-state index in [-0.39, 0.29) is 0 Å². The van der Waals surface area contributed by atoms with Crippen LogP contribution in [0, 0.1) is 0 Å². The number of hydrogen-bond acceptors (Lipinski definition) is 3. The Morgan fingerprint density at radius 3 is 2.35 bits per heavy atom. The summed E-state index contributed by atoms with van der Waals surface area (Å²) in [6, 6.07) is 3.20. The second-order valence-corrected chi connectivity index (χ2v) is 5.51. The molecule has 3 nitrogen and oxygen atoms in total. The van der Waals surface area contributed by atoms with Crippen LogP contribution in [0.5, 0.6) is 5.75 Å². The summed E-state index contributed by atoms with van der Waals surface area (Å²) in [6.45, 7) is 5.60. The summed E-state index contributed by atoms with van der Waals surface area (Å²) in [5.74, 6) is 0.447. The maximum atomic E-state index is 6.00. The highest BCUT2D eigenvalue weighted by atomic mass is 35.5. The van der Waals surface area contributed by atoms with Crippen molar-refractivity contribution in [3.05, 3.63) is 27.2 Å². The van der Waals surface area contributed by atoms with E-state index < -0.39 is 0 Å². The molecule has 0 spiro atoms. The smallest absolute Gasteiger partial charge is 0.156 e. The third-order valence-electron chi connectivity index (χ3n) is 2.57. The molecule has 1 rings (SSSR count). The SMILES string of the molecule is CCCCNCCOCCOc1c(Cl)cc(Cl)cc1Cl. The van der Waals surface area contributed by atoms with E-state index >= 15 is 0 Å². The Kier molecular flexibility index (Phi) is 9.40. The minimum Gasteiger partial charge on any atom is -0.488 e. The highest BCUT2D eigenvalue weighted by Crippen LogP contribution is 2.35. The number of halogens is 3. The van der Waals surface area contributed by atoms with Crippen LogP contribution in [0.3, 0.4) is 0 Å². The molecule has 6 heteroatoms. The van der Waals surface area contributed by atoms with E-state index in [1.54, 1.807) is 12.1 Å². The summed E-state index contributed by atoms with van der Waals surface area (Å²) in [7, 11) is 0. The van der Waals surface area contributed by atoms with Gasteiger partial charge in [-0.25, -0.2) is 0 Å². The van der Waals surface area contributed by atoms with Crippen molar-refractivity contribution in [2.24, 2.45) is 0 Å². The van der Waals surface area contributed by atoms with Gasteiger partial charge in [0.2, 0.25) is 0 Å². The van der Waals surface area contributed by atoms with Crippen LogP contribution in [-0.2, 0) is 4.74 Å². The second-order valence-electron chi connectivity index (χ2n) is 4.26. The summed E-state index contributed by atoms with van der Waals surface area (Å²) in [5.41, 5.74) is 0. The molecule has 0 aliphatic rings. The van der Waals surface area contributed by atoms with Gasteiger partial charge in [-0.2, -0.15) is 0 Å². The van der Waals surface area contributed by atoms with Crippen molar-refractivity contribution in [1.82, 2.24) is 5.32 Å². The summed E-state index contributed by atoms with van der Waals surface area (Å²) >= 11 is 17.8. The van der Waals surface area contributed by atoms with Crippen molar-refractivity contribution >= 4 is 34.8 Å². The number of benzene rings is 1. The molecule has 1 aromatic carbocycles. The average molecular weight is 341 g/mol. The topological polar surface area (TPSA) is 30.5 Å². The van der Waals surface area contributed by atoms with Crippen molar-refractivity contribution < 1.29 is 9.47 Å². The van der Waals surface area contributed by atoms with Crippen LogP contribution in [0.4, 0.5) is 0 Å². The fraction of sp³-hybridized carbons (Fsp3) is 0.571. The Labute approximate surface area is 135 Å². The number of unbranched alkanes of at least 4 members (excludes halogenated alkanes) is 1. The third kappa shape index (κ3) is 7.00. The van der Waals surface area contributed by atoms with Gasteiger partial charge in [0.1, 0.15) is 6.61 Å². The Morgan fingerprint density at radius 1 is 1.00 bits per heavy atom. The predicted molar refractivity (Wildman–Crippen MR) is 85.6 cm³/mol. The lowest BCUT2D eigenvalue weighted by Crippen LogP contribution is -2.21. The first-order valence-electron chi connectivity index (χ1n) is 6.71. The van der Waals surface area contributed by atoms with Crippen LogP contribution in [0.2, 0.25) is 15.1 Å². The molecule has 0 unspecified atom stereocenters. The second kappa shape index (κ2) is 10.5. The summed E-state index contributed by atoms with van der Waals surface area (Å²) in [4.78, 5) is 0. The van der Waals surface area contributed by atoms with Gasteiger partial charge in [-0.3, -0.25) is 0 Å². The van der Waals surface area contributed by atoms with E-state index in [1.165, 1.54) is 12.8 Å². The first-order chi connectivity index (χ1) is 9.65. The normalized spacial score (nSPS) is 10.8. The van der Waals surface area contributed by atoms with Gasteiger partial charge in [-0.1, -0.05) is 48.1 Å². The fourth-order valence-corrected chi connectivity index (χ4v) is 2.47. The molecule has 0 fully saturated rings. The number of rotatable bonds is 10. The highest BCUT2D eigenvalue weighted by Gasteiger charge is 2.08. The minimum absolute atomic E-state index is 0.399. The number of hydrogen-bond donors (Lipinski definition) is 1. The fourth-order valence-electron chi connectivity index (χ4n) is 1.54. The van der Waals surface area contributed by atoms with Crippen LogP contribution < -0.4 is 10.1 Å². The van der Waals surface area contributed by atoms with Gasteiger partial charge in [-0.05, 0) is 25.1 Å². The molecule has 114 valence electrons. The number of ether oxygens (including phenoxy) is 2. The standard InChI is InChI=1S/C14H20Cl3NO2/c1-2-3-4-18-5-6-19-7-8-20-14-12(16)9-11(15)10-13(14)17/h9-10,18H,2-8H2,1H3. The molecule has 0 atom stereocenters. The van der Waals surface area contributed by atoms with Gasteiger partial charge in [0.05, 0.1) is 23.3 Å². The molecule has 0 aromatic heterocycles. The average Bonchev–Trinajstić information content (AvgIpc) is 2.39. The molecular formula is C14H20Cl3NO2. The van der Waals surface area contributed by atoms with E-state index in [9.17, 15) is 0 Å². The van der Waals surface area contributed by atoms with Gasteiger partial charge < -0.3 is 14.8 Å². The summed E-state index contributed by atoms with van der Waals surface area (Å²) < 4.78 is 10.9. The zero-order chi connectivity index (χ0) is 14.8. The molecule has 1 N–H and O–H groups in total.